The van der Waals surface area contributed by atoms with E-state index in [0.717, 1.165) is 25.7 Å². The van der Waals surface area contributed by atoms with E-state index >= 15 is 0 Å². The van der Waals surface area contributed by atoms with Crippen molar-refractivity contribution in [1.29, 1.82) is 0 Å². The number of carboxylic acid groups (broad SMARTS) is 1. The Bertz CT molecular complexity index is 1350. The average molecular weight is 629 g/mol. The van der Waals surface area contributed by atoms with Gasteiger partial charge in [0, 0.05) is 31.6 Å². The Balaban J connectivity index is 1.55. The Morgan fingerprint density at radius 1 is 0.844 bits per heavy atom. The fraction of sp³-hybridized carbons (Fsp3) is 0.833. The highest BCUT2D eigenvalue weighted by molar-refractivity contribution is 5.77. The molecule has 0 radical (unpaired) electrons. The first kappa shape index (κ1) is 32.5. The summed E-state index contributed by atoms with van der Waals surface area (Å²) >= 11 is 0. The van der Waals surface area contributed by atoms with Crippen molar-refractivity contribution in [3.63, 3.8) is 0 Å². The Labute approximate surface area is 267 Å². The first-order valence-corrected chi connectivity index (χ1v) is 17.0. The lowest BCUT2D eigenvalue weighted by Crippen LogP contribution is -2.84. The monoisotopic (exact) mass is 628 g/mol. The second-order valence-electron chi connectivity index (χ2n) is 16.5. The number of fused-ring (bicyclic) bond motifs is 7. The third-order valence-electron chi connectivity index (χ3n) is 14.8. The molecule has 2 saturated heterocycles. The van der Waals surface area contributed by atoms with E-state index in [-0.39, 0.29) is 41.1 Å². The number of esters is 3. The van der Waals surface area contributed by atoms with Gasteiger partial charge >= 0.3 is 23.9 Å². The van der Waals surface area contributed by atoms with Crippen LogP contribution in [0.1, 0.15) is 107 Å². The van der Waals surface area contributed by atoms with Gasteiger partial charge in [-0.1, -0.05) is 53.2 Å². The first-order valence-electron chi connectivity index (χ1n) is 17.0. The maximum atomic E-state index is 13.1. The molecule has 7 rings (SSSR count). The number of carbonyl (C=O) groups excluding carboxylic acids is 3. The van der Waals surface area contributed by atoms with Crippen LogP contribution < -0.4 is 0 Å². The van der Waals surface area contributed by atoms with Gasteiger partial charge in [-0.05, 0) is 85.4 Å². The molecule has 2 heterocycles. The molecule has 1 spiro atoms. The molecule has 9 nitrogen and oxygen atoms in total. The van der Waals surface area contributed by atoms with Gasteiger partial charge in [0.2, 0.25) is 6.10 Å². The third kappa shape index (κ3) is 3.88. The number of rotatable bonds is 4. The third-order valence-corrected chi connectivity index (χ3v) is 14.8. The zero-order valence-electron chi connectivity index (χ0n) is 28.5. The zero-order chi connectivity index (χ0) is 33.1. The van der Waals surface area contributed by atoms with Crippen LogP contribution in [0.3, 0.4) is 0 Å². The van der Waals surface area contributed by atoms with Gasteiger partial charge in [0.1, 0.15) is 0 Å². The molecule has 2 aliphatic heterocycles. The minimum Gasteiger partial charge on any atom is -0.481 e. The van der Waals surface area contributed by atoms with Crippen LogP contribution in [0, 0.1) is 56.7 Å². The summed E-state index contributed by atoms with van der Waals surface area (Å²) in [5.74, 6) is -3.36. The first-order chi connectivity index (χ1) is 20.9. The zero-order valence-corrected chi connectivity index (χ0v) is 28.5. The quantitative estimate of drug-likeness (QED) is 0.224. The minimum absolute atomic E-state index is 0.0246. The molecule has 0 aromatic carbocycles. The Morgan fingerprint density at radius 3 is 2.09 bits per heavy atom. The molecule has 0 aromatic rings. The summed E-state index contributed by atoms with van der Waals surface area (Å²) in [6, 6.07) is 0. The molecule has 0 aromatic heterocycles. The summed E-state index contributed by atoms with van der Waals surface area (Å²) in [5, 5.41) is 10.7. The van der Waals surface area contributed by atoms with E-state index in [2.05, 4.69) is 33.8 Å². The molecule has 5 aliphatic carbocycles. The Hall–Kier alpha value is -2.42. The molecule has 1 N–H and O–H groups in total. The van der Waals surface area contributed by atoms with E-state index in [1.807, 2.05) is 13.8 Å². The predicted octanol–water partition coefficient (Wildman–Crippen LogP) is 6.08. The van der Waals surface area contributed by atoms with Gasteiger partial charge < -0.3 is 24.1 Å². The van der Waals surface area contributed by atoms with E-state index in [9.17, 15) is 24.3 Å². The molecule has 6 fully saturated rings. The molecule has 45 heavy (non-hydrogen) atoms. The lowest BCUT2D eigenvalue weighted by Gasteiger charge is -2.76. The van der Waals surface area contributed by atoms with Gasteiger partial charge in [0.05, 0.1) is 12.0 Å². The molecule has 4 saturated carbocycles. The Kier molecular flexibility index (Phi) is 7.26. The lowest BCUT2D eigenvalue weighted by molar-refractivity contribution is -0.449. The second kappa shape index (κ2) is 10.0. The number of aliphatic carboxylic acids is 1. The maximum Gasteiger partial charge on any atom is 0.310 e. The molecule has 250 valence electrons. The highest BCUT2D eigenvalue weighted by Crippen LogP contribution is 2.78. The van der Waals surface area contributed by atoms with Crippen LogP contribution in [0.25, 0.3) is 0 Å². The van der Waals surface area contributed by atoms with Crippen molar-refractivity contribution in [2.45, 2.75) is 125 Å². The van der Waals surface area contributed by atoms with Crippen LogP contribution in [0.2, 0.25) is 0 Å². The molecule has 7 aliphatic rings. The average Bonchev–Trinajstić information content (AvgIpc) is 2.93. The van der Waals surface area contributed by atoms with Crippen molar-refractivity contribution in [1.82, 2.24) is 0 Å². The van der Waals surface area contributed by atoms with E-state index in [0.29, 0.717) is 25.2 Å². The highest BCUT2D eigenvalue weighted by atomic mass is 16.8. The molecule has 9 heteroatoms. The summed E-state index contributed by atoms with van der Waals surface area (Å²) in [4.78, 5) is 51.2. The van der Waals surface area contributed by atoms with Crippen molar-refractivity contribution >= 4 is 23.9 Å². The number of carboxylic acids is 1. The van der Waals surface area contributed by atoms with Crippen molar-refractivity contribution in [2.24, 2.45) is 56.7 Å². The smallest absolute Gasteiger partial charge is 0.310 e. The van der Waals surface area contributed by atoms with E-state index in [4.69, 9.17) is 18.9 Å². The molecular formula is C36H52O9. The van der Waals surface area contributed by atoms with Gasteiger partial charge in [-0.2, -0.15) is 0 Å². The highest BCUT2D eigenvalue weighted by Gasteiger charge is 2.83. The predicted molar refractivity (Wildman–Crippen MR) is 163 cm³/mol. The van der Waals surface area contributed by atoms with Crippen LogP contribution >= 0.6 is 0 Å². The lowest BCUT2D eigenvalue weighted by atomic mass is 9.31. The van der Waals surface area contributed by atoms with Crippen molar-refractivity contribution in [2.75, 3.05) is 6.61 Å². The summed E-state index contributed by atoms with van der Waals surface area (Å²) in [7, 11) is 0. The largest absolute Gasteiger partial charge is 0.481 e. The minimum atomic E-state index is -1.62. The van der Waals surface area contributed by atoms with Crippen LogP contribution in [0.5, 0.6) is 0 Å². The van der Waals surface area contributed by atoms with Gasteiger partial charge in [0.15, 0.2) is 6.10 Å². The molecule has 0 amide bonds. The second-order valence-corrected chi connectivity index (χ2v) is 16.5. The van der Waals surface area contributed by atoms with Crippen molar-refractivity contribution < 1.29 is 43.2 Å². The SMILES string of the molecule is CC(=O)O[C@@H]1[C@H](OC(C)=O)[C@]2(OC(C)=O)OC[C@]13[C@H]1CC=C4[C@@H]5[C@@H](C)[C@H](C)CC[C@]5(C(=O)O)CC[C@@]4(C)[C@]1(C)CC[C@H]3C2(C)C. The molecule has 2 bridgehead atoms. The van der Waals surface area contributed by atoms with Gasteiger partial charge in [-0.3, -0.25) is 19.2 Å². The Morgan fingerprint density at radius 2 is 1.49 bits per heavy atom. The van der Waals surface area contributed by atoms with Crippen molar-refractivity contribution in [3.8, 4) is 0 Å². The van der Waals surface area contributed by atoms with E-state index < -0.39 is 58.1 Å². The van der Waals surface area contributed by atoms with Crippen molar-refractivity contribution in [3.05, 3.63) is 11.6 Å². The molecule has 12 atom stereocenters. The topological polar surface area (TPSA) is 125 Å². The normalized spacial score (nSPS) is 49.2. The van der Waals surface area contributed by atoms with Crippen LogP contribution in [0.15, 0.2) is 11.6 Å². The maximum absolute atomic E-state index is 13.1. The van der Waals surface area contributed by atoms with Crippen LogP contribution in [0.4, 0.5) is 0 Å². The van der Waals surface area contributed by atoms with Gasteiger partial charge in [-0.25, -0.2) is 0 Å². The number of hydrogen-bond donors (Lipinski definition) is 1. The molecule has 0 unspecified atom stereocenters. The summed E-state index contributed by atoms with van der Waals surface area (Å²) in [6.45, 7) is 17.5. The number of carbonyl (C=O) groups is 4. The van der Waals surface area contributed by atoms with Gasteiger partial charge in [-0.15, -0.1) is 0 Å². The fourth-order valence-corrected chi connectivity index (χ4v) is 12.4. The summed E-state index contributed by atoms with van der Waals surface area (Å²) in [6.07, 6.45) is 5.70. The number of ether oxygens (including phenoxy) is 4. The van der Waals surface area contributed by atoms with Crippen LogP contribution in [-0.4, -0.2) is 53.6 Å². The van der Waals surface area contributed by atoms with Gasteiger partial charge in [0.25, 0.3) is 5.79 Å². The summed E-state index contributed by atoms with van der Waals surface area (Å²) < 4.78 is 25.0. The number of hydrogen-bond acceptors (Lipinski definition) is 8. The number of allylic oxidation sites excluding steroid dienone is 2. The summed E-state index contributed by atoms with van der Waals surface area (Å²) in [5.41, 5.74) is -1.53. The van der Waals surface area contributed by atoms with E-state index in [1.54, 1.807) is 0 Å². The molecular weight excluding hydrogens is 576 g/mol. The van der Waals surface area contributed by atoms with Crippen LogP contribution in [-0.2, 0) is 38.1 Å². The fourth-order valence-electron chi connectivity index (χ4n) is 12.4. The van der Waals surface area contributed by atoms with E-state index in [1.165, 1.54) is 26.3 Å². The standard InChI is InChI=1S/C36H52O9/c1-19-12-15-34(30(40)41)17-16-32(8)24(27(34)20(19)2)10-11-26-33(32,9)14-13-25-31(6,7)36(45-23(5)39)29(44-22(4)38)28(43-21(3)37)35(25,26)18-42-36/h10,19-20,25-29H,11-18H2,1-9H3,(H,40,41)/t19-,20+,25+,26+,27+,28-,29+,32-,33-,34+,35+,36-/m1/s1.